The first kappa shape index (κ1) is 21.7. The molecule has 1 amide bonds. The average Bonchev–Trinajstić information content (AvgIpc) is 2.58. The van der Waals surface area contributed by atoms with Gasteiger partial charge in [-0.2, -0.15) is 0 Å². The Labute approximate surface area is 155 Å². The first-order valence-electron chi connectivity index (χ1n) is 9.82. The maximum Gasteiger partial charge on any atom is 0.226 e. The molecule has 0 aliphatic rings. The fraction of sp³-hybridized carbons (Fsp3) is 0.682. The fourth-order valence-corrected chi connectivity index (χ4v) is 3.01. The molecule has 0 fully saturated rings. The molecule has 0 saturated carbocycles. The lowest BCUT2D eigenvalue weighted by Gasteiger charge is -2.27. The lowest BCUT2D eigenvalue weighted by atomic mass is 9.88. The van der Waals surface area contributed by atoms with Gasteiger partial charge in [-0.3, -0.25) is 4.79 Å². The van der Waals surface area contributed by atoms with Crippen LogP contribution in [-0.4, -0.2) is 48.9 Å². The number of rotatable bonds is 11. The lowest BCUT2D eigenvalue weighted by molar-refractivity contribution is -0.135. The van der Waals surface area contributed by atoms with Gasteiger partial charge in [-0.1, -0.05) is 50.6 Å². The molecule has 1 atom stereocenters. The molecular formula is C22H38N2O. The van der Waals surface area contributed by atoms with Crippen LogP contribution in [0, 0.1) is 11.8 Å². The summed E-state index contributed by atoms with van der Waals surface area (Å²) in [7, 11) is 4.14. The molecule has 0 aliphatic carbocycles. The van der Waals surface area contributed by atoms with Gasteiger partial charge in [0.25, 0.3) is 0 Å². The van der Waals surface area contributed by atoms with E-state index in [-0.39, 0.29) is 11.8 Å². The number of unbranched alkanes of at least 4 members (excludes halogenated alkanes) is 2. The van der Waals surface area contributed by atoms with Gasteiger partial charge in [-0.15, -0.1) is 0 Å². The third kappa shape index (κ3) is 8.04. The van der Waals surface area contributed by atoms with E-state index < -0.39 is 0 Å². The minimum Gasteiger partial charge on any atom is -0.346 e. The summed E-state index contributed by atoms with van der Waals surface area (Å²) in [4.78, 5) is 17.2. The van der Waals surface area contributed by atoms with Gasteiger partial charge in [0.2, 0.25) is 5.91 Å². The second-order valence-electron chi connectivity index (χ2n) is 7.94. The van der Waals surface area contributed by atoms with Gasteiger partial charge in [-0.25, -0.2) is 0 Å². The molecule has 142 valence electrons. The van der Waals surface area contributed by atoms with Crippen molar-refractivity contribution in [2.24, 2.45) is 11.8 Å². The van der Waals surface area contributed by atoms with E-state index in [1.165, 1.54) is 18.4 Å². The van der Waals surface area contributed by atoms with Crippen molar-refractivity contribution in [2.75, 3.05) is 27.2 Å². The van der Waals surface area contributed by atoms with E-state index in [0.29, 0.717) is 12.0 Å². The SMILES string of the molecule is CC(C)[C@H](Cc1ccccc1)C(=O)N(C)CCCCCN(C)C(C)C. The Balaban J connectivity index is 2.41. The molecule has 25 heavy (non-hydrogen) atoms. The molecule has 3 nitrogen and oxygen atoms in total. The van der Waals surface area contributed by atoms with Crippen molar-refractivity contribution in [3.8, 4) is 0 Å². The van der Waals surface area contributed by atoms with E-state index in [1.807, 2.05) is 18.0 Å². The zero-order valence-corrected chi connectivity index (χ0v) is 17.2. The minimum atomic E-state index is 0.0690. The van der Waals surface area contributed by atoms with Crippen LogP contribution in [0.2, 0.25) is 0 Å². The average molecular weight is 347 g/mol. The normalized spacial score (nSPS) is 12.8. The van der Waals surface area contributed by atoms with Crippen molar-refractivity contribution in [2.45, 2.75) is 59.4 Å². The first-order chi connectivity index (χ1) is 11.8. The molecule has 0 aromatic heterocycles. The number of carbonyl (C=O) groups is 1. The van der Waals surface area contributed by atoms with Gasteiger partial charge in [0.1, 0.15) is 0 Å². The Hall–Kier alpha value is -1.35. The number of carbonyl (C=O) groups excluding carboxylic acids is 1. The summed E-state index contributed by atoms with van der Waals surface area (Å²) in [5.74, 6) is 0.715. The third-order valence-electron chi connectivity index (χ3n) is 5.18. The van der Waals surface area contributed by atoms with Crippen molar-refractivity contribution in [1.82, 2.24) is 9.80 Å². The van der Waals surface area contributed by atoms with Crippen LogP contribution in [0.5, 0.6) is 0 Å². The Bertz CT molecular complexity index is 484. The lowest BCUT2D eigenvalue weighted by Crippen LogP contribution is -2.37. The molecule has 0 saturated heterocycles. The van der Waals surface area contributed by atoms with Crippen LogP contribution in [0.1, 0.15) is 52.5 Å². The number of nitrogens with zero attached hydrogens (tertiary/aromatic N) is 2. The van der Waals surface area contributed by atoms with E-state index in [9.17, 15) is 4.79 Å². The smallest absolute Gasteiger partial charge is 0.226 e. The topological polar surface area (TPSA) is 23.6 Å². The van der Waals surface area contributed by atoms with E-state index in [2.05, 4.69) is 63.9 Å². The zero-order valence-electron chi connectivity index (χ0n) is 17.2. The summed E-state index contributed by atoms with van der Waals surface area (Å²) in [6, 6.07) is 11.0. The molecule has 1 aromatic rings. The van der Waals surface area contributed by atoms with Crippen molar-refractivity contribution in [1.29, 1.82) is 0 Å². The predicted octanol–water partition coefficient (Wildman–Crippen LogP) is 4.47. The second kappa shape index (κ2) is 11.3. The summed E-state index contributed by atoms with van der Waals surface area (Å²) in [5, 5.41) is 0. The van der Waals surface area contributed by atoms with Crippen LogP contribution in [0.15, 0.2) is 30.3 Å². The van der Waals surface area contributed by atoms with Gasteiger partial charge in [0, 0.05) is 25.6 Å². The number of amides is 1. The Morgan fingerprint density at radius 2 is 1.52 bits per heavy atom. The second-order valence-corrected chi connectivity index (χ2v) is 7.94. The van der Waals surface area contributed by atoms with Gasteiger partial charge in [-0.05, 0) is 58.2 Å². The minimum absolute atomic E-state index is 0.0690. The molecule has 0 unspecified atom stereocenters. The summed E-state index contributed by atoms with van der Waals surface area (Å²) in [6.45, 7) is 10.8. The molecule has 0 heterocycles. The molecule has 0 N–H and O–H groups in total. The third-order valence-corrected chi connectivity index (χ3v) is 5.18. The quantitative estimate of drug-likeness (QED) is 0.552. The van der Waals surface area contributed by atoms with Crippen LogP contribution < -0.4 is 0 Å². The summed E-state index contributed by atoms with van der Waals surface area (Å²) in [6.07, 6.45) is 4.30. The monoisotopic (exact) mass is 346 g/mol. The maximum atomic E-state index is 12.9. The van der Waals surface area contributed by atoms with Crippen LogP contribution in [0.4, 0.5) is 0 Å². The van der Waals surface area contributed by atoms with Crippen molar-refractivity contribution in [3.05, 3.63) is 35.9 Å². The highest BCUT2D eigenvalue weighted by Gasteiger charge is 2.25. The fourth-order valence-electron chi connectivity index (χ4n) is 3.01. The van der Waals surface area contributed by atoms with Crippen molar-refractivity contribution < 1.29 is 4.79 Å². The Kier molecular flexibility index (Phi) is 9.81. The largest absolute Gasteiger partial charge is 0.346 e. The molecule has 3 heteroatoms. The molecule has 0 bridgehead atoms. The van der Waals surface area contributed by atoms with Gasteiger partial charge >= 0.3 is 0 Å². The van der Waals surface area contributed by atoms with Crippen LogP contribution in [0.3, 0.4) is 0 Å². The highest BCUT2D eigenvalue weighted by atomic mass is 16.2. The van der Waals surface area contributed by atoms with E-state index >= 15 is 0 Å². The standard InChI is InChI=1S/C22H38N2O/c1-18(2)21(17-20-13-9-7-10-14-20)22(25)24(6)16-12-8-11-15-23(5)19(3)4/h7,9-10,13-14,18-19,21H,8,11-12,15-17H2,1-6H3/t21-/m0/s1. The van der Waals surface area contributed by atoms with Gasteiger partial charge in [0.15, 0.2) is 0 Å². The first-order valence-corrected chi connectivity index (χ1v) is 9.82. The number of hydrogen-bond donors (Lipinski definition) is 0. The molecular weight excluding hydrogens is 308 g/mol. The van der Waals surface area contributed by atoms with E-state index in [1.54, 1.807) is 0 Å². The van der Waals surface area contributed by atoms with Crippen LogP contribution in [-0.2, 0) is 11.2 Å². The zero-order chi connectivity index (χ0) is 18.8. The molecule has 1 rings (SSSR count). The summed E-state index contributed by atoms with van der Waals surface area (Å²) >= 11 is 0. The molecule has 1 aromatic carbocycles. The van der Waals surface area contributed by atoms with E-state index in [0.717, 1.165) is 25.9 Å². The van der Waals surface area contributed by atoms with Gasteiger partial charge < -0.3 is 9.80 Å². The summed E-state index contributed by atoms with van der Waals surface area (Å²) in [5.41, 5.74) is 1.25. The van der Waals surface area contributed by atoms with Crippen molar-refractivity contribution in [3.63, 3.8) is 0 Å². The predicted molar refractivity (Wildman–Crippen MR) is 108 cm³/mol. The molecule has 0 spiro atoms. The molecule has 0 radical (unpaired) electrons. The molecule has 0 aliphatic heterocycles. The number of benzene rings is 1. The Morgan fingerprint density at radius 1 is 0.920 bits per heavy atom. The van der Waals surface area contributed by atoms with Gasteiger partial charge in [0.05, 0.1) is 0 Å². The van der Waals surface area contributed by atoms with Crippen LogP contribution >= 0.6 is 0 Å². The maximum absolute atomic E-state index is 12.9. The van der Waals surface area contributed by atoms with Crippen molar-refractivity contribution >= 4 is 5.91 Å². The highest BCUT2D eigenvalue weighted by molar-refractivity contribution is 5.79. The van der Waals surface area contributed by atoms with E-state index in [4.69, 9.17) is 0 Å². The Morgan fingerprint density at radius 3 is 2.08 bits per heavy atom. The van der Waals surface area contributed by atoms with Crippen LogP contribution in [0.25, 0.3) is 0 Å². The highest BCUT2D eigenvalue weighted by Crippen LogP contribution is 2.20. The summed E-state index contributed by atoms with van der Waals surface area (Å²) < 4.78 is 0. The number of hydrogen-bond acceptors (Lipinski definition) is 2.